The number of nitrogens with one attached hydrogen (secondary N) is 2. The van der Waals surface area contributed by atoms with Gasteiger partial charge in [0, 0.05) is 30.2 Å². The Bertz CT molecular complexity index is 1590. The summed E-state index contributed by atoms with van der Waals surface area (Å²) >= 11 is 0. The topological polar surface area (TPSA) is 137 Å². The average molecular weight is 610 g/mol. The fourth-order valence-electron chi connectivity index (χ4n) is 4.88. The van der Waals surface area contributed by atoms with E-state index in [0.29, 0.717) is 17.7 Å². The minimum Gasteiger partial charge on any atom is -0.462 e. The van der Waals surface area contributed by atoms with Gasteiger partial charge in [0.15, 0.2) is 0 Å². The lowest BCUT2D eigenvalue weighted by molar-refractivity contribution is -0.384. The van der Waals surface area contributed by atoms with E-state index in [4.69, 9.17) is 4.74 Å². The van der Waals surface area contributed by atoms with Crippen molar-refractivity contribution in [3.63, 3.8) is 0 Å². The molecule has 2 N–H and O–H groups in total. The molecular weight excluding hydrogens is 574 g/mol. The number of benzene rings is 4. The molecule has 2 amide bonds. The van der Waals surface area contributed by atoms with E-state index < -0.39 is 23.0 Å². The Morgan fingerprint density at radius 3 is 1.93 bits per heavy atom. The highest BCUT2D eigenvalue weighted by molar-refractivity contribution is 5.96. The number of nitro groups is 1. The molecule has 1 unspecified atom stereocenters. The number of rotatable bonds is 9. The Morgan fingerprint density at radius 1 is 0.867 bits per heavy atom. The highest BCUT2D eigenvalue weighted by Gasteiger charge is 2.30. The first-order valence-corrected chi connectivity index (χ1v) is 14.4. The highest BCUT2D eigenvalue weighted by Crippen LogP contribution is 2.44. The molecule has 0 fully saturated rings. The maximum atomic E-state index is 13.1. The molecule has 1 aliphatic carbocycles. The summed E-state index contributed by atoms with van der Waals surface area (Å²) in [6.45, 7) is 6.04. The molecule has 0 heterocycles. The number of carbonyl (C=O) groups is 3. The number of nitrogens with zero attached hydrogens (tertiary/aromatic N) is 1. The van der Waals surface area contributed by atoms with Gasteiger partial charge < -0.3 is 20.1 Å². The molecule has 0 saturated carbocycles. The molecule has 0 aliphatic heterocycles. The Morgan fingerprint density at radius 2 is 1.42 bits per heavy atom. The molecule has 0 spiro atoms. The van der Waals surface area contributed by atoms with Crippen LogP contribution in [0, 0.1) is 10.1 Å². The molecule has 0 radical (unpaired) electrons. The summed E-state index contributed by atoms with van der Waals surface area (Å²) in [4.78, 5) is 46.2. The van der Waals surface area contributed by atoms with Crippen LogP contribution < -0.4 is 10.6 Å². The number of alkyl carbamates (subject to hydrolysis) is 1. The quantitative estimate of drug-likeness (QED) is 0.123. The first-order chi connectivity index (χ1) is 21.6. The SMILES string of the molecule is CC(C)(C)OC=O.O=C(NC(Cc1ccc([N+](=O)[O-])cc1)C(=O)Nc1ccccc1)OCC1c2ccccc2-c2ccccc21. The summed E-state index contributed by atoms with van der Waals surface area (Å²) < 4.78 is 10.2. The van der Waals surface area contributed by atoms with Crippen LogP contribution in [0.2, 0.25) is 0 Å². The van der Waals surface area contributed by atoms with Crippen molar-refractivity contribution >= 4 is 29.8 Å². The second-order valence-corrected chi connectivity index (χ2v) is 11.3. The van der Waals surface area contributed by atoms with Crippen LogP contribution in [0.5, 0.6) is 0 Å². The van der Waals surface area contributed by atoms with E-state index in [9.17, 15) is 24.5 Å². The second-order valence-electron chi connectivity index (χ2n) is 11.3. The van der Waals surface area contributed by atoms with Gasteiger partial charge in [-0.2, -0.15) is 0 Å². The van der Waals surface area contributed by atoms with Crippen molar-refractivity contribution in [2.24, 2.45) is 0 Å². The van der Waals surface area contributed by atoms with Crippen LogP contribution >= 0.6 is 0 Å². The Labute approximate surface area is 261 Å². The van der Waals surface area contributed by atoms with Crippen molar-refractivity contribution in [1.82, 2.24) is 5.32 Å². The van der Waals surface area contributed by atoms with Gasteiger partial charge in [-0.3, -0.25) is 19.7 Å². The molecule has 0 aromatic heterocycles. The third-order valence-electron chi connectivity index (χ3n) is 6.98. The summed E-state index contributed by atoms with van der Waals surface area (Å²) in [6.07, 6.45) is -0.595. The van der Waals surface area contributed by atoms with Gasteiger partial charge in [0.1, 0.15) is 18.2 Å². The standard InChI is InChI=1S/C30H25N3O5.C5H10O2/c34-29(31-21-8-2-1-3-9-21)28(18-20-14-16-22(17-15-20)33(36)37)32-30(35)38-19-27-25-12-6-4-10-23(25)24-11-5-7-13-26(24)27;1-5(2,3)7-4-6/h1-17,27-28H,18-19H2,(H,31,34)(H,32,35);4H,1-3H3. The predicted molar refractivity (Wildman–Crippen MR) is 171 cm³/mol. The normalized spacial score (nSPS) is 12.3. The van der Waals surface area contributed by atoms with Gasteiger partial charge in [-0.1, -0.05) is 78.9 Å². The summed E-state index contributed by atoms with van der Waals surface area (Å²) in [5, 5.41) is 16.5. The van der Waals surface area contributed by atoms with Crippen LogP contribution in [0.1, 0.15) is 43.4 Å². The van der Waals surface area contributed by atoms with Crippen LogP contribution in [0.25, 0.3) is 11.1 Å². The van der Waals surface area contributed by atoms with E-state index in [2.05, 4.69) is 27.5 Å². The zero-order valence-corrected chi connectivity index (χ0v) is 25.3. The van der Waals surface area contributed by atoms with E-state index >= 15 is 0 Å². The molecule has 10 nitrogen and oxygen atoms in total. The molecule has 10 heteroatoms. The van der Waals surface area contributed by atoms with Crippen LogP contribution in [-0.2, 0) is 25.5 Å². The molecule has 45 heavy (non-hydrogen) atoms. The summed E-state index contributed by atoms with van der Waals surface area (Å²) in [7, 11) is 0. The van der Waals surface area contributed by atoms with Crippen LogP contribution in [-0.4, -0.2) is 41.6 Å². The van der Waals surface area contributed by atoms with Crippen molar-refractivity contribution in [2.45, 2.75) is 44.8 Å². The number of hydrogen-bond donors (Lipinski definition) is 2. The first kappa shape index (κ1) is 32.4. The second kappa shape index (κ2) is 14.8. The summed E-state index contributed by atoms with van der Waals surface area (Å²) in [5.74, 6) is -0.539. The van der Waals surface area contributed by atoms with E-state index in [0.717, 1.165) is 22.3 Å². The van der Waals surface area contributed by atoms with E-state index in [1.807, 2.05) is 63.2 Å². The van der Waals surface area contributed by atoms with Crippen molar-refractivity contribution in [3.8, 4) is 11.1 Å². The largest absolute Gasteiger partial charge is 0.462 e. The molecule has 1 aliphatic rings. The van der Waals surface area contributed by atoms with Crippen molar-refractivity contribution in [2.75, 3.05) is 11.9 Å². The minimum absolute atomic E-state index is 0.0523. The fraction of sp³-hybridized carbons (Fsp3) is 0.229. The zero-order chi connectivity index (χ0) is 32.4. The van der Waals surface area contributed by atoms with Gasteiger partial charge in [0.25, 0.3) is 12.2 Å². The highest BCUT2D eigenvalue weighted by atomic mass is 16.6. The molecule has 0 bridgehead atoms. The molecule has 0 saturated heterocycles. The predicted octanol–water partition coefficient (Wildman–Crippen LogP) is 6.64. The Kier molecular flexibility index (Phi) is 10.6. The average Bonchev–Trinajstić information content (AvgIpc) is 3.34. The first-order valence-electron chi connectivity index (χ1n) is 14.4. The number of para-hydroxylation sites is 1. The number of carbonyl (C=O) groups excluding carboxylic acids is 3. The van der Waals surface area contributed by atoms with E-state index in [1.165, 1.54) is 12.1 Å². The third-order valence-corrected chi connectivity index (χ3v) is 6.98. The lowest BCUT2D eigenvalue weighted by Crippen LogP contribution is -2.45. The third kappa shape index (κ3) is 8.99. The van der Waals surface area contributed by atoms with Crippen molar-refractivity contribution in [1.29, 1.82) is 0 Å². The van der Waals surface area contributed by atoms with Crippen molar-refractivity contribution in [3.05, 3.63) is 130 Å². The Balaban J connectivity index is 0.000000591. The smallest absolute Gasteiger partial charge is 0.407 e. The minimum atomic E-state index is -0.965. The number of amides is 2. The molecular formula is C35H35N3O7. The molecule has 4 aromatic carbocycles. The van der Waals surface area contributed by atoms with Crippen molar-refractivity contribution < 1.29 is 28.8 Å². The van der Waals surface area contributed by atoms with Crippen LogP contribution in [0.4, 0.5) is 16.2 Å². The lowest BCUT2D eigenvalue weighted by atomic mass is 9.98. The van der Waals surface area contributed by atoms with E-state index in [1.54, 1.807) is 36.4 Å². The summed E-state index contributed by atoms with van der Waals surface area (Å²) in [5.41, 5.74) is 5.29. The zero-order valence-electron chi connectivity index (χ0n) is 25.3. The van der Waals surface area contributed by atoms with E-state index in [-0.39, 0.29) is 30.2 Å². The molecule has 5 rings (SSSR count). The number of hydrogen-bond acceptors (Lipinski definition) is 7. The molecule has 1 atom stereocenters. The van der Waals surface area contributed by atoms with Gasteiger partial charge in [0.05, 0.1) is 4.92 Å². The maximum Gasteiger partial charge on any atom is 0.407 e. The fourth-order valence-corrected chi connectivity index (χ4v) is 4.88. The summed E-state index contributed by atoms with van der Waals surface area (Å²) in [6, 6.07) is 29.9. The van der Waals surface area contributed by atoms with Gasteiger partial charge in [0.2, 0.25) is 5.91 Å². The molecule has 232 valence electrons. The van der Waals surface area contributed by atoms with Gasteiger partial charge in [-0.05, 0) is 60.7 Å². The van der Waals surface area contributed by atoms with Crippen LogP contribution in [0.15, 0.2) is 103 Å². The number of non-ortho nitro benzene ring substituents is 1. The lowest BCUT2D eigenvalue weighted by Gasteiger charge is -2.20. The van der Waals surface area contributed by atoms with Gasteiger partial charge in [-0.15, -0.1) is 0 Å². The Hall–Kier alpha value is -5.51. The monoisotopic (exact) mass is 609 g/mol. The molecule has 4 aromatic rings. The van der Waals surface area contributed by atoms with Gasteiger partial charge in [-0.25, -0.2) is 4.79 Å². The maximum absolute atomic E-state index is 13.1. The van der Waals surface area contributed by atoms with Crippen LogP contribution in [0.3, 0.4) is 0 Å². The number of ether oxygens (including phenoxy) is 2. The number of fused-ring (bicyclic) bond motifs is 3. The number of nitro benzene ring substituents is 1. The number of anilines is 1. The van der Waals surface area contributed by atoms with Gasteiger partial charge >= 0.3 is 6.09 Å².